The first-order chi connectivity index (χ1) is 7.33. The molecule has 3 nitrogen and oxygen atoms in total. The van der Waals surface area contributed by atoms with Crippen molar-refractivity contribution in [2.75, 3.05) is 25.6 Å². The first-order valence-corrected chi connectivity index (χ1v) is 5.33. The van der Waals surface area contributed by atoms with Crippen molar-refractivity contribution in [1.29, 1.82) is 0 Å². The van der Waals surface area contributed by atoms with Gasteiger partial charge in [-0.05, 0) is 24.1 Å². The lowest BCUT2D eigenvalue weighted by Crippen LogP contribution is -2.04. The van der Waals surface area contributed by atoms with Gasteiger partial charge in [0.15, 0.2) is 0 Å². The van der Waals surface area contributed by atoms with E-state index in [1.165, 1.54) is 0 Å². The Morgan fingerprint density at radius 3 is 2.67 bits per heavy atom. The summed E-state index contributed by atoms with van der Waals surface area (Å²) in [6, 6.07) is 7.73. The Morgan fingerprint density at radius 1 is 1.13 bits per heavy atom. The van der Waals surface area contributed by atoms with Crippen molar-refractivity contribution >= 4 is 5.69 Å². The van der Waals surface area contributed by atoms with Gasteiger partial charge in [-0.3, -0.25) is 0 Å². The molecule has 0 heterocycles. The predicted molar refractivity (Wildman–Crippen MR) is 61.6 cm³/mol. The van der Waals surface area contributed by atoms with E-state index in [1.807, 2.05) is 24.3 Å². The lowest BCUT2D eigenvalue weighted by molar-refractivity contribution is 0.0408. The van der Waals surface area contributed by atoms with Gasteiger partial charge in [-0.15, -0.1) is 0 Å². The van der Waals surface area contributed by atoms with Crippen LogP contribution in [0.1, 0.15) is 18.9 Å². The third-order valence-electron chi connectivity index (χ3n) is 1.94. The summed E-state index contributed by atoms with van der Waals surface area (Å²) in [5, 5.41) is 0. The summed E-state index contributed by atoms with van der Waals surface area (Å²) in [4.78, 5) is 0. The highest BCUT2D eigenvalue weighted by molar-refractivity contribution is 5.40. The maximum atomic E-state index is 5.65. The maximum absolute atomic E-state index is 5.65. The van der Waals surface area contributed by atoms with Crippen LogP contribution < -0.4 is 5.73 Å². The lowest BCUT2D eigenvalue weighted by Gasteiger charge is -2.05. The van der Waals surface area contributed by atoms with Crippen LogP contribution >= 0.6 is 0 Å². The number of rotatable bonds is 7. The van der Waals surface area contributed by atoms with Gasteiger partial charge in [-0.1, -0.05) is 19.1 Å². The number of nitrogens with two attached hydrogens (primary N) is 1. The molecule has 0 bridgehead atoms. The summed E-state index contributed by atoms with van der Waals surface area (Å²) < 4.78 is 10.7. The summed E-state index contributed by atoms with van der Waals surface area (Å²) in [6.45, 7) is 4.79. The number of nitrogen functional groups attached to an aromatic ring is 1. The Balaban J connectivity index is 2.10. The highest BCUT2D eigenvalue weighted by atomic mass is 16.5. The molecule has 0 unspecified atom stereocenters. The van der Waals surface area contributed by atoms with Gasteiger partial charge in [0.25, 0.3) is 0 Å². The molecule has 0 saturated carbocycles. The van der Waals surface area contributed by atoms with E-state index >= 15 is 0 Å². The molecule has 0 aromatic heterocycles. The third-order valence-corrected chi connectivity index (χ3v) is 1.94. The molecule has 0 atom stereocenters. The Kier molecular flexibility index (Phi) is 5.81. The Hall–Kier alpha value is -1.06. The molecule has 1 aromatic rings. The van der Waals surface area contributed by atoms with E-state index in [2.05, 4.69) is 6.92 Å². The molecular weight excluding hydrogens is 190 g/mol. The molecule has 0 aliphatic carbocycles. The molecule has 2 N–H and O–H groups in total. The predicted octanol–water partition coefficient (Wildman–Crippen LogP) is 2.21. The van der Waals surface area contributed by atoms with Crippen LogP contribution in [0.4, 0.5) is 5.69 Å². The van der Waals surface area contributed by atoms with Gasteiger partial charge in [-0.25, -0.2) is 0 Å². The molecule has 0 radical (unpaired) electrons. The molecule has 0 aliphatic rings. The zero-order chi connectivity index (χ0) is 10.9. The van der Waals surface area contributed by atoms with Crippen LogP contribution in [0.25, 0.3) is 0 Å². The second kappa shape index (κ2) is 7.26. The fraction of sp³-hybridized carbons (Fsp3) is 0.500. The minimum absolute atomic E-state index is 0.598. The average molecular weight is 209 g/mol. The summed E-state index contributed by atoms with van der Waals surface area (Å²) >= 11 is 0. The van der Waals surface area contributed by atoms with Crippen molar-refractivity contribution < 1.29 is 9.47 Å². The number of ether oxygens (including phenoxy) is 2. The van der Waals surface area contributed by atoms with Gasteiger partial charge >= 0.3 is 0 Å². The zero-order valence-electron chi connectivity index (χ0n) is 9.24. The average Bonchev–Trinajstić information content (AvgIpc) is 2.23. The molecule has 15 heavy (non-hydrogen) atoms. The monoisotopic (exact) mass is 209 g/mol. The molecule has 0 saturated heterocycles. The quantitative estimate of drug-likeness (QED) is 0.553. The summed E-state index contributed by atoms with van der Waals surface area (Å²) in [5.74, 6) is 0. The van der Waals surface area contributed by atoms with Crippen molar-refractivity contribution in [3.8, 4) is 0 Å². The first kappa shape index (κ1) is 12.0. The van der Waals surface area contributed by atoms with E-state index in [0.717, 1.165) is 24.3 Å². The van der Waals surface area contributed by atoms with Crippen LogP contribution in [-0.2, 0) is 16.1 Å². The van der Waals surface area contributed by atoms with Crippen LogP contribution in [0.2, 0.25) is 0 Å². The van der Waals surface area contributed by atoms with Crippen molar-refractivity contribution in [1.82, 2.24) is 0 Å². The van der Waals surface area contributed by atoms with Crippen molar-refractivity contribution in [2.24, 2.45) is 0 Å². The highest BCUT2D eigenvalue weighted by Crippen LogP contribution is 2.07. The highest BCUT2D eigenvalue weighted by Gasteiger charge is 1.94. The third kappa shape index (κ3) is 5.40. The number of hydrogen-bond acceptors (Lipinski definition) is 3. The lowest BCUT2D eigenvalue weighted by atomic mass is 10.2. The summed E-state index contributed by atoms with van der Waals surface area (Å²) in [5.41, 5.74) is 7.53. The van der Waals surface area contributed by atoms with Crippen LogP contribution in [0.5, 0.6) is 0 Å². The van der Waals surface area contributed by atoms with Gasteiger partial charge in [0.2, 0.25) is 0 Å². The van der Waals surface area contributed by atoms with E-state index in [1.54, 1.807) is 0 Å². The largest absolute Gasteiger partial charge is 0.399 e. The summed E-state index contributed by atoms with van der Waals surface area (Å²) in [6.07, 6.45) is 1.05. The van der Waals surface area contributed by atoms with Crippen LogP contribution in [-0.4, -0.2) is 19.8 Å². The van der Waals surface area contributed by atoms with Gasteiger partial charge in [0.05, 0.1) is 19.8 Å². The molecule has 0 aliphatic heterocycles. The second-order valence-corrected chi connectivity index (χ2v) is 3.41. The molecule has 0 amide bonds. The zero-order valence-corrected chi connectivity index (χ0v) is 9.24. The van der Waals surface area contributed by atoms with E-state index in [-0.39, 0.29) is 0 Å². The summed E-state index contributed by atoms with van der Waals surface area (Å²) in [7, 11) is 0. The minimum atomic E-state index is 0.598. The van der Waals surface area contributed by atoms with Gasteiger partial charge in [0, 0.05) is 12.3 Å². The number of benzene rings is 1. The number of hydrogen-bond donors (Lipinski definition) is 1. The molecule has 0 fully saturated rings. The van der Waals surface area contributed by atoms with Gasteiger partial charge in [0.1, 0.15) is 0 Å². The van der Waals surface area contributed by atoms with E-state index in [0.29, 0.717) is 19.8 Å². The van der Waals surface area contributed by atoms with Crippen LogP contribution in [0.3, 0.4) is 0 Å². The van der Waals surface area contributed by atoms with E-state index in [9.17, 15) is 0 Å². The molecule has 0 spiro atoms. The maximum Gasteiger partial charge on any atom is 0.0718 e. The topological polar surface area (TPSA) is 44.5 Å². The molecule has 1 rings (SSSR count). The normalized spacial score (nSPS) is 10.5. The van der Waals surface area contributed by atoms with Crippen molar-refractivity contribution in [3.63, 3.8) is 0 Å². The molecule has 3 heteroatoms. The van der Waals surface area contributed by atoms with Crippen molar-refractivity contribution in [3.05, 3.63) is 29.8 Å². The van der Waals surface area contributed by atoms with E-state index in [4.69, 9.17) is 15.2 Å². The molecule has 1 aromatic carbocycles. The standard InChI is InChI=1S/C12H19NO2/c1-2-6-14-7-8-15-10-11-4-3-5-12(13)9-11/h3-5,9H,2,6-8,10,13H2,1H3. The van der Waals surface area contributed by atoms with Crippen molar-refractivity contribution in [2.45, 2.75) is 20.0 Å². The molecular formula is C12H19NO2. The van der Waals surface area contributed by atoms with Gasteiger partial charge < -0.3 is 15.2 Å². The minimum Gasteiger partial charge on any atom is -0.399 e. The first-order valence-electron chi connectivity index (χ1n) is 5.33. The Bertz CT molecular complexity index is 276. The fourth-order valence-electron chi connectivity index (χ4n) is 1.24. The van der Waals surface area contributed by atoms with Crippen LogP contribution in [0, 0.1) is 0 Å². The second-order valence-electron chi connectivity index (χ2n) is 3.41. The Morgan fingerprint density at radius 2 is 1.93 bits per heavy atom. The number of anilines is 1. The fourth-order valence-corrected chi connectivity index (χ4v) is 1.24. The SMILES string of the molecule is CCCOCCOCc1cccc(N)c1. The van der Waals surface area contributed by atoms with Gasteiger partial charge in [-0.2, -0.15) is 0 Å². The Labute approximate surface area is 91.2 Å². The molecule has 84 valence electrons. The van der Waals surface area contributed by atoms with E-state index < -0.39 is 0 Å². The van der Waals surface area contributed by atoms with Crippen LogP contribution in [0.15, 0.2) is 24.3 Å². The smallest absolute Gasteiger partial charge is 0.0718 e.